The summed E-state index contributed by atoms with van der Waals surface area (Å²) in [5, 5.41) is 2.25. The van der Waals surface area contributed by atoms with Crippen molar-refractivity contribution in [3.63, 3.8) is 0 Å². The normalized spacial score (nSPS) is 14.2. The number of fused-ring (bicyclic) bond motifs is 1. The third-order valence-electron chi connectivity index (χ3n) is 4.15. The van der Waals surface area contributed by atoms with Gasteiger partial charge in [0, 0.05) is 11.6 Å². The Balaban J connectivity index is 1.64. The summed E-state index contributed by atoms with van der Waals surface area (Å²) >= 11 is 0. The van der Waals surface area contributed by atoms with Crippen LogP contribution in [0.4, 0.5) is 0 Å². The van der Waals surface area contributed by atoms with Crippen LogP contribution in [-0.2, 0) is 6.54 Å². The molecule has 0 saturated heterocycles. The van der Waals surface area contributed by atoms with E-state index in [0.717, 1.165) is 34.9 Å². The number of hydrogen-bond acceptors (Lipinski definition) is 2. The number of carbonyl (C=O) groups is 1. The van der Waals surface area contributed by atoms with Crippen LogP contribution in [0.15, 0.2) is 65.3 Å². The Labute approximate surface area is 129 Å². The predicted octanol–water partition coefficient (Wildman–Crippen LogP) is 4.24. The molecule has 0 atom stereocenters. The molecule has 0 unspecified atom stereocenters. The summed E-state index contributed by atoms with van der Waals surface area (Å²) in [5.74, 6) is 0.922. The SMILES string of the molecule is O=C(c1ccc2ccccc2c1)N(Cc1ccco1)C1CC1. The zero-order valence-electron chi connectivity index (χ0n) is 12.2. The van der Waals surface area contributed by atoms with Crippen molar-refractivity contribution in [1.82, 2.24) is 4.90 Å². The van der Waals surface area contributed by atoms with E-state index in [4.69, 9.17) is 4.42 Å². The van der Waals surface area contributed by atoms with Gasteiger partial charge in [-0.15, -0.1) is 0 Å². The van der Waals surface area contributed by atoms with E-state index < -0.39 is 0 Å². The minimum absolute atomic E-state index is 0.0876. The van der Waals surface area contributed by atoms with Crippen LogP contribution >= 0.6 is 0 Å². The molecule has 0 spiro atoms. The highest BCUT2D eigenvalue weighted by molar-refractivity contribution is 5.98. The maximum atomic E-state index is 12.9. The lowest BCUT2D eigenvalue weighted by atomic mass is 10.1. The average Bonchev–Trinajstić information content (AvgIpc) is 3.27. The summed E-state index contributed by atoms with van der Waals surface area (Å²) in [6, 6.07) is 18.2. The fourth-order valence-electron chi connectivity index (χ4n) is 2.81. The van der Waals surface area contributed by atoms with Gasteiger partial charge in [-0.05, 0) is 47.9 Å². The second-order valence-corrected chi connectivity index (χ2v) is 5.81. The van der Waals surface area contributed by atoms with Gasteiger partial charge in [-0.1, -0.05) is 30.3 Å². The van der Waals surface area contributed by atoms with Gasteiger partial charge in [-0.3, -0.25) is 4.79 Å². The van der Waals surface area contributed by atoms with Crippen LogP contribution in [0.3, 0.4) is 0 Å². The summed E-state index contributed by atoms with van der Waals surface area (Å²) in [7, 11) is 0. The molecule has 1 aliphatic rings. The molecule has 1 fully saturated rings. The Kier molecular flexibility index (Phi) is 3.19. The number of amides is 1. The molecule has 2 aromatic carbocycles. The molecular weight excluding hydrogens is 274 g/mol. The predicted molar refractivity (Wildman–Crippen MR) is 85.6 cm³/mol. The smallest absolute Gasteiger partial charge is 0.254 e. The zero-order chi connectivity index (χ0) is 14.9. The number of furan rings is 1. The molecular formula is C19H17NO2. The third-order valence-corrected chi connectivity index (χ3v) is 4.15. The fraction of sp³-hybridized carbons (Fsp3) is 0.211. The van der Waals surface area contributed by atoms with E-state index in [-0.39, 0.29) is 5.91 Å². The fourth-order valence-corrected chi connectivity index (χ4v) is 2.81. The summed E-state index contributed by atoms with van der Waals surface area (Å²) in [5.41, 5.74) is 0.747. The maximum Gasteiger partial charge on any atom is 0.254 e. The molecule has 3 heteroatoms. The molecule has 0 radical (unpaired) electrons. The van der Waals surface area contributed by atoms with Crippen LogP contribution < -0.4 is 0 Å². The molecule has 0 bridgehead atoms. The van der Waals surface area contributed by atoms with E-state index in [9.17, 15) is 4.79 Å². The molecule has 3 aromatic rings. The van der Waals surface area contributed by atoms with E-state index >= 15 is 0 Å². The second kappa shape index (κ2) is 5.34. The van der Waals surface area contributed by atoms with Crippen molar-refractivity contribution in [3.05, 3.63) is 72.2 Å². The summed E-state index contributed by atoms with van der Waals surface area (Å²) in [6.45, 7) is 0.545. The molecule has 1 amide bonds. The van der Waals surface area contributed by atoms with Gasteiger partial charge in [-0.25, -0.2) is 0 Å². The molecule has 110 valence electrons. The van der Waals surface area contributed by atoms with Gasteiger partial charge >= 0.3 is 0 Å². The van der Waals surface area contributed by atoms with Gasteiger partial charge in [-0.2, -0.15) is 0 Å². The maximum absolute atomic E-state index is 12.9. The van der Waals surface area contributed by atoms with Crippen molar-refractivity contribution in [1.29, 1.82) is 0 Å². The van der Waals surface area contributed by atoms with Gasteiger partial charge in [0.15, 0.2) is 0 Å². The molecule has 4 rings (SSSR count). The van der Waals surface area contributed by atoms with Crippen LogP contribution in [0.25, 0.3) is 10.8 Å². The monoisotopic (exact) mass is 291 g/mol. The van der Waals surface area contributed by atoms with Gasteiger partial charge in [0.05, 0.1) is 12.8 Å². The van der Waals surface area contributed by atoms with Crippen molar-refractivity contribution < 1.29 is 9.21 Å². The van der Waals surface area contributed by atoms with Crippen molar-refractivity contribution in [2.24, 2.45) is 0 Å². The minimum Gasteiger partial charge on any atom is -0.467 e. The number of benzene rings is 2. The lowest BCUT2D eigenvalue weighted by Gasteiger charge is -2.21. The third kappa shape index (κ3) is 2.50. The molecule has 1 aromatic heterocycles. The first kappa shape index (κ1) is 13.1. The molecule has 1 heterocycles. The number of carbonyl (C=O) groups excluding carboxylic acids is 1. The standard InChI is InChI=1S/C19H17NO2/c21-19(16-8-7-14-4-1-2-5-15(14)12-16)20(17-9-10-17)13-18-6-3-11-22-18/h1-8,11-12,17H,9-10,13H2. The first-order chi connectivity index (χ1) is 10.8. The largest absolute Gasteiger partial charge is 0.467 e. The first-order valence-electron chi connectivity index (χ1n) is 7.63. The van der Waals surface area contributed by atoms with Crippen molar-refractivity contribution >= 4 is 16.7 Å². The van der Waals surface area contributed by atoms with E-state index in [1.54, 1.807) is 6.26 Å². The van der Waals surface area contributed by atoms with Crippen LogP contribution in [0.2, 0.25) is 0 Å². The molecule has 1 saturated carbocycles. The zero-order valence-corrected chi connectivity index (χ0v) is 12.2. The molecule has 0 aliphatic heterocycles. The highest BCUT2D eigenvalue weighted by atomic mass is 16.3. The number of rotatable bonds is 4. The van der Waals surface area contributed by atoms with E-state index in [1.165, 1.54) is 0 Å². The average molecular weight is 291 g/mol. The topological polar surface area (TPSA) is 33.5 Å². The van der Waals surface area contributed by atoms with E-state index in [0.29, 0.717) is 12.6 Å². The Morgan fingerprint density at radius 1 is 1.05 bits per heavy atom. The molecule has 22 heavy (non-hydrogen) atoms. The Bertz CT molecular complexity index is 803. The Morgan fingerprint density at radius 3 is 2.59 bits per heavy atom. The Hall–Kier alpha value is -2.55. The van der Waals surface area contributed by atoms with E-state index in [2.05, 4.69) is 6.07 Å². The summed E-state index contributed by atoms with van der Waals surface area (Å²) < 4.78 is 5.40. The van der Waals surface area contributed by atoms with Crippen molar-refractivity contribution in [2.45, 2.75) is 25.4 Å². The lowest BCUT2D eigenvalue weighted by Crippen LogP contribution is -2.32. The van der Waals surface area contributed by atoms with Gasteiger partial charge in [0.1, 0.15) is 5.76 Å². The van der Waals surface area contributed by atoms with Gasteiger partial charge in [0.25, 0.3) is 5.91 Å². The molecule has 0 N–H and O–H groups in total. The quantitative estimate of drug-likeness (QED) is 0.720. The number of hydrogen-bond donors (Lipinski definition) is 0. The molecule has 1 aliphatic carbocycles. The summed E-state index contributed by atoms with van der Waals surface area (Å²) in [6.07, 6.45) is 3.82. The first-order valence-corrected chi connectivity index (χ1v) is 7.63. The second-order valence-electron chi connectivity index (χ2n) is 5.81. The van der Waals surface area contributed by atoms with Crippen LogP contribution in [-0.4, -0.2) is 16.8 Å². The van der Waals surface area contributed by atoms with Crippen LogP contribution in [0.1, 0.15) is 29.0 Å². The minimum atomic E-state index is 0.0876. The van der Waals surface area contributed by atoms with Crippen molar-refractivity contribution in [3.8, 4) is 0 Å². The summed E-state index contributed by atoms with van der Waals surface area (Å²) in [4.78, 5) is 14.8. The Morgan fingerprint density at radius 2 is 1.86 bits per heavy atom. The lowest BCUT2D eigenvalue weighted by molar-refractivity contribution is 0.0717. The molecule has 3 nitrogen and oxygen atoms in total. The van der Waals surface area contributed by atoms with Crippen molar-refractivity contribution in [2.75, 3.05) is 0 Å². The highest BCUT2D eigenvalue weighted by Crippen LogP contribution is 2.30. The van der Waals surface area contributed by atoms with E-state index in [1.807, 2.05) is 53.4 Å². The highest BCUT2D eigenvalue weighted by Gasteiger charge is 2.33. The van der Waals surface area contributed by atoms with Crippen LogP contribution in [0, 0.1) is 0 Å². The van der Waals surface area contributed by atoms with Gasteiger partial charge < -0.3 is 9.32 Å². The van der Waals surface area contributed by atoms with Crippen LogP contribution in [0.5, 0.6) is 0 Å². The number of nitrogens with zero attached hydrogens (tertiary/aromatic N) is 1. The van der Waals surface area contributed by atoms with Gasteiger partial charge in [0.2, 0.25) is 0 Å².